The Hall–Kier alpha value is -1.96. The Bertz CT molecular complexity index is 527. The monoisotopic (exact) mass is 335 g/mol. The zero-order chi connectivity index (χ0) is 17.2. The molecule has 1 aromatic rings. The van der Waals surface area contributed by atoms with Crippen LogP contribution in [0.2, 0.25) is 0 Å². The number of methoxy groups -OCH3 is 1. The second kappa shape index (κ2) is 10.0. The average molecular weight is 335 g/mol. The number of ether oxygens (including phenoxy) is 2. The number of hydrogen-bond acceptors (Lipinski definition) is 5. The smallest absolute Gasteiger partial charge is 0.251 e. The minimum absolute atomic E-state index is 0.120. The van der Waals surface area contributed by atoms with Crippen LogP contribution >= 0.6 is 0 Å². The third-order valence-electron chi connectivity index (χ3n) is 3.70. The van der Waals surface area contributed by atoms with Crippen molar-refractivity contribution in [3.05, 3.63) is 29.8 Å². The van der Waals surface area contributed by atoms with Gasteiger partial charge in [0.25, 0.3) is 5.91 Å². The van der Waals surface area contributed by atoms with Crippen LogP contribution in [0.15, 0.2) is 24.3 Å². The lowest BCUT2D eigenvalue weighted by Gasteiger charge is -2.11. The largest absolute Gasteiger partial charge is 0.383 e. The van der Waals surface area contributed by atoms with Crippen LogP contribution in [-0.4, -0.2) is 57.9 Å². The Morgan fingerprint density at radius 3 is 2.75 bits per heavy atom. The molecule has 24 heavy (non-hydrogen) atoms. The predicted molar refractivity (Wildman–Crippen MR) is 91.1 cm³/mol. The number of rotatable bonds is 9. The van der Waals surface area contributed by atoms with Crippen LogP contribution < -0.4 is 16.0 Å². The van der Waals surface area contributed by atoms with Gasteiger partial charge in [0, 0.05) is 38.1 Å². The molecule has 0 saturated carbocycles. The molecule has 1 aromatic carbocycles. The molecule has 1 aliphatic heterocycles. The standard InChI is InChI=1S/C17H25N3O4/c1-23-10-8-19-17(22)13-4-6-14(7-5-13)20-16(21)12-18-11-15-3-2-9-24-15/h4-7,15,18H,2-3,8-12H2,1H3,(H,19,22)(H,20,21). The lowest BCUT2D eigenvalue weighted by Crippen LogP contribution is -2.33. The van der Waals surface area contributed by atoms with E-state index in [1.165, 1.54) is 0 Å². The fraction of sp³-hybridized carbons (Fsp3) is 0.529. The maximum atomic E-state index is 11.9. The molecule has 1 aliphatic rings. The Labute approximate surface area is 142 Å². The summed E-state index contributed by atoms with van der Waals surface area (Å²) < 4.78 is 10.4. The number of amides is 2. The molecule has 0 spiro atoms. The van der Waals surface area contributed by atoms with Crippen molar-refractivity contribution in [2.24, 2.45) is 0 Å². The number of anilines is 1. The van der Waals surface area contributed by atoms with E-state index in [0.717, 1.165) is 19.4 Å². The molecule has 132 valence electrons. The Kier molecular flexibility index (Phi) is 7.67. The molecule has 3 N–H and O–H groups in total. The summed E-state index contributed by atoms with van der Waals surface area (Å²) in [6, 6.07) is 6.78. The summed E-state index contributed by atoms with van der Waals surface area (Å²) in [7, 11) is 1.58. The van der Waals surface area contributed by atoms with Gasteiger partial charge in [-0.2, -0.15) is 0 Å². The van der Waals surface area contributed by atoms with Crippen LogP contribution in [0.25, 0.3) is 0 Å². The summed E-state index contributed by atoms with van der Waals surface area (Å²) in [4.78, 5) is 23.7. The third-order valence-corrected chi connectivity index (χ3v) is 3.70. The molecule has 2 amide bonds. The van der Waals surface area contributed by atoms with Gasteiger partial charge in [-0.05, 0) is 37.1 Å². The molecule has 1 heterocycles. The van der Waals surface area contributed by atoms with E-state index in [1.54, 1.807) is 31.4 Å². The zero-order valence-electron chi connectivity index (χ0n) is 14.0. The lowest BCUT2D eigenvalue weighted by molar-refractivity contribution is -0.115. The molecule has 7 heteroatoms. The van der Waals surface area contributed by atoms with Gasteiger partial charge >= 0.3 is 0 Å². The van der Waals surface area contributed by atoms with Gasteiger partial charge in [0.05, 0.1) is 19.3 Å². The summed E-state index contributed by atoms with van der Waals surface area (Å²) in [6.07, 6.45) is 2.35. The summed E-state index contributed by atoms with van der Waals surface area (Å²) in [6.45, 7) is 2.67. The first kappa shape index (κ1) is 18.4. The molecule has 7 nitrogen and oxygen atoms in total. The van der Waals surface area contributed by atoms with Gasteiger partial charge in [0.15, 0.2) is 0 Å². The fourth-order valence-electron chi connectivity index (χ4n) is 2.43. The molecular formula is C17H25N3O4. The van der Waals surface area contributed by atoms with E-state index >= 15 is 0 Å². The number of hydrogen-bond donors (Lipinski definition) is 3. The van der Waals surface area contributed by atoms with Gasteiger partial charge in [-0.15, -0.1) is 0 Å². The maximum absolute atomic E-state index is 11.9. The van der Waals surface area contributed by atoms with Gasteiger partial charge in [0.2, 0.25) is 5.91 Å². The van der Waals surface area contributed by atoms with Crippen LogP contribution in [0.4, 0.5) is 5.69 Å². The minimum Gasteiger partial charge on any atom is -0.383 e. The molecule has 0 bridgehead atoms. The van der Waals surface area contributed by atoms with Gasteiger partial charge in [-0.3, -0.25) is 9.59 Å². The Balaban J connectivity index is 1.70. The Morgan fingerprint density at radius 2 is 2.08 bits per heavy atom. The molecule has 2 rings (SSSR count). The SMILES string of the molecule is COCCNC(=O)c1ccc(NC(=O)CNCC2CCCO2)cc1. The van der Waals surface area contributed by atoms with Crippen molar-refractivity contribution in [1.82, 2.24) is 10.6 Å². The molecule has 1 atom stereocenters. The topological polar surface area (TPSA) is 88.7 Å². The summed E-state index contributed by atoms with van der Waals surface area (Å²) >= 11 is 0. The zero-order valence-corrected chi connectivity index (χ0v) is 14.0. The van der Waals surface area contributed by atoms with Crippen molar-refractivity contribution in [1.29, 1.82) is 0 Å². The van der Waals surface area contributed by atoms with Crippen LogP contribution in [0.5, 0.6) is 0 Å². The van der Waals surface area contributed by atoms with E-state index in [-0.39, 0.29) is 24.5 Å². The first-order valence-corrected chi connectivity index (χ1v) is 8.18. The molecule has 0 aromatic heterocycles. The second-order valence-corrected chi connectivity index (χ2v) is 5.64. The quantitative estimate of drug-likeness (QED) is 0.580. The number of benzene rings is 1. The number of nitrogens with one attached hydrogen (secondary N) is 3. The van der Waals surface area contributed by atoms with E-state index in [4.69, 9.17) is 9.47 Å². The van der Waals surface area contributed by atoms with Crippen LogP contribution in [-0.2, 0) is 14.3 Å². The first-order chi connectivity index (χ1) is 11.7. The van der Waals surface area contributed by atoms with Crippen molar-refractivity contribution in [2.75, 3.05) is 45.3 Å². The highest BCUT2D eigenvalue weighted by Crippen LogP contribution is 2.11. The van der Waals surface area contributed by atoms with Gasteiger partial charge in [0.1, 0.15) is 0 Å². The third kappa shape index (κ3) is 6.27. The van der Waals surface area contributed by atoms with E-state index in [0.29, 0.717) is 30.9 Å². The highest BCUT2D eigenvalue weighted by atomic mass is 16.5. The lowest BCUT2D eigenvalue weighted by atomic mass is 10.2. The molecule has 1 fully saturated rings. The highest BCUT2D eigenvalue weighted by molar-refractivity contribution is 5.96. The highest BCUT2D eigenvalue weighted by Gasteiger charge is 2.15. The fourth-order valence-corrected chi connectivity index (χ4v) is 2.43. The van der Waals surface area contributed by atoms with Crippen LogP contribution in [0.1, 0.15) is 23.2 Å². The van der Waals surface area contributed by atoms with Gasteiger partial charge in [-0.1, -0.05) is 0 Å². The molecule has 1 saturated heterocycles. The molecule has 0 aliphatic carbocycles. The van der Waals surface area contributed by atoms with Crippen molar-refractivity contribution < 1.29 is 19.1 Å². The van der Waals surface area contributed by atoms with E-state index in [2.05, 4.69) is 16.0 Å². The average Bonchev–Trinajstić information content (AvgIpc) is 3.09. The van der Waals surface area contributed by atoms with E-state index < -0.39 is 0 Å². The molecular weight excluding hydrogens is 310 g/mol. The summed E-state index contributed by atoms with van der Waals surface area (Å²) in [5.74, 6) is -0.284. The molecule has 0 radical (unpaired) electrons. The minimum atomic E-state index is -0.164. The van der Waals surface area contributed by atoms with Crippen molar-refractivity contribution in [3.63, 3.8) is 0 Å². The van der Waals surface area contributed by atoms with E-state index in [9.17, 15) is 9.59 Å². The van der Waals surface area contributed by atoms with Gasteiger partial charge in [-0.25, -0.2) is 0 Å². The van der Waals surface area contributed by atoms with Crippen molar-refractivity contribution in [3.8, 4) is 0 Å². The van der Waals surface area contributed by atoms with Crippen molar-refractivity contribution in [2.45, 2.75) is 18.9 Å². The molecule has 1 unspecified atom stereocenters. The van der Waals surface area contributed by atoms with Crippen LogP contribution in [0, 0.1) is 0 Å². The first-order valence-electron chi connectivity index (χ1n) is 8.18. The summed E-state index contributed by atoms with van der Waals surface area (Å²) in [5.41, 5.74) is 1.20. The van der Waals surface area contributed by atoms with Gasteiger partial charge < -0.3 is 25.4 Å². The normalized spacial score (nSPS) is 16.8. The number of carbonyl (C=O) groups excluding carboxylic acids is 2. The predicted octanol–water partition coefficient (Wildman–Crippen LogP) is 0.770. The van der Waals surface area contributed by atoms with Crippen molar-refractivity contribution >= 4 is 17.5 Å². The van der Waals surface area contributed by atoms with Crippen LogP contribution in [0.3, 0.4) is 0 Å². The maximum Gasteiger partial charge on any atom is 0.251 e. The van der Waals surface area contributed by atoms with E-state index in [1.807, 2.05) is 0 Å². The Morgan fingerprint density at radius 1 is 1.29 bits per heavy atom. The second-order valence-electron chi connectivity index (χ2n) is 5.64. The number of carbonyl (C=O) groups is 2. The summed E-state index contributed by atoms with van der Waals surface area (Å²) in [5, 5.41) is 8.63.